The molecule has 3 N–H and O–H groups in total. The van der Waals surface area contributed by atoms with E-state index in [1.807, 2.05) is 23.0 Å². The van der Waals surface area contributed by atoms with Crippen LogP contribution in [0.3, 0.4) is 0 Å². The van der Waals surface area contributed by atoms with Crippen molar-refractivity contribution in [2.75, 3.05) is 13.1 Å². The molecule has 0 aliphatic carbocycles. The Labute approximate surface area is 156 Å². The molecule has 8 nitrogen and oxygen atoms in total. The predicted molar refractivity (Wildman–Crippen MR) is 97.9 cm³/mol. The van der Waals surface area contributed by atoms with Crippen molar-refractivity contribution in [2.24, 2.45) is 5.73 Å². The van der Waals surface area contributed by atoms with Crippen molar-refractivity contribution in [3.8, 4) is 22.6 Å². The Hall–Kier alpha value is -2.71. The standard InChI is InChI=1S/C17H18N6O2.ClH/c18-17(24)15-14(16(25-22-15)13-3-1-2-6-20-13)11-9-21-23(10-11)12-4-7-19-8-5-12;/h1-3,6,9-10,12,19H,4-5,7-8H2,(H2,18,24);1H. The third-order valence-corrected chi connectivity index (χ3v) is 4.40. The number of nitrogens with two attached hydrogens (primary N) is 1. The van der Waals surface area contributed by atoms with Gasteiger partial charge in [0.15, 0.2) is 11.5 Å². The Balaban J connectivity index is 0.00000196. The maximum atomic E-state index is 11.8. The molecule has 1 saturated heterocycles. The minimum absolute atomic E-state index is 0. The smallest absolute Gasteiger partial charge is 0.271 e. The molecule has 26 heavy (non-hydrogen) atoms. The fraction of sp³-hybridized carbons (Fsp3) is 0.294. The second-order valence-electron chi connectivity index (χ2n) is 6.00. The van der Waals surface area contributed by atoms with Gasteiger partial charge in [0, 0.05) is 18.0 Å². The highest BCUT2D eigenvalue weighted by atomic mass is 35.5. The van der Waals surface area contributed by atoms with Crippen LogP contribution in [0, 0.1) is 0 Å². The molecule has 1 aliphatic heterocycles. The Kier molecular flexibility index (Phi) is 5.34. The summed E-state index contributed by atoms with van der Waals surface area (Å²) in [6.07, 6.45) is 7.32. The molecule has 136 valence electrons. The van der Waals surface area contributed by atoms with Gasteiger partial charge in [0.25, 0.3) is 5.91 Å². The Bertz CT molecular complexity index is 886. The van der Waals surface area contributed by atoms with Crippen molar-refractivity contribution >= 4 is 18.3 Å². The van der Waals surface area contributed by atoms with Gasteiger partial charge in [-0.1, -0.05) is 11.2 Å². The summed E-state index contributed by atoms with van der Waals surface area (Å²) in [6, 6.07) is 5.79. The van der Waals surface area contributed by atoms with E-state index >= 15 is 0 Å². The quantitative estimate of drug-likeness (QED) is 0.722. The molecule has 0 radical (unpaired) electrons. The van der Waals surface area contributed by atoms with Gasteiger partial charge in [-0.2, -0.15) is 5.10 Å². The van der Waals surface area contributed by atoms with Gasteiger partial charge in [-0.15, -0.1) is 12.4 Å². The van der Waals surface area contributed by atoms with Crippen molar-refractivity contribution in [3.05, 3.63) is 42.5 Å². The van der Waals surface area contributed by atoms with E-state index < -0.39 is 5.91 Å². The average molecular weight is 375 g/mol. The summed E-state index contributed by atoms with van der Waals surface area (Å²) in [5.74, 6) is -0.227. The number of hydrogen-bond donors (Lipinski definition) is 2. The number of pyridine rings is 1. The van der Waals surface area contributed by atoms with Crippen LogP contribution in [0.2, 0.25) is 0 Å². The zero-order valence-electron chi connectivity index (χ0n) is 14.0. The third kappa shape index (κ3) is 3.33. The van der Waals surface area contributed by atoms with E-state index in [2.05, 4.69) is 20.6 Å². The molecule has 1 amide bonds. The van der Waals surface area contributed by atoms with Crippen LogP contribution in [0.25, 0.3) is 22.6 Å². The minimum atomic E-state index is -0.643. The zero-order chi connectivity index (χ0) is 17.2. The fourth-order valence-electron chi connectivity index (χ4n) is 3.14. The van der Waals surface area contributed by atoms with Crippen LogP contribution < -0.4 is 11.1 Å². The number of carbonyl (C=O) groups is 1. The topological polar surface area (TPSA) is 112 Å². The second-order valence-corrected chi connectivity index (χ2v) is 6.00. The summed E-state index contributed by atoms with van der Waals surface area (Å²) in [4.78, 5) is 16.1. The van der Waals surface area contributed by atoms with Crippen molar-refractivity contribution in [1.82, 2.24) is 25.2 Å². The van der Waals surface area contributed by atoms with Crippen LogP contribution in [0.4, 0.5) is 0 Å². The van der Waals surface area contributed by atoms with Crippen LogP contribution in [0.5, 0.6) is 0 Å². The van der Waals surface area contributed by atoms with Crippen molar-refractivity contribution in [3.63, 3.8) is 0 Å². The summed E-state index contributed by atoms with van der Waals surface area (Å²) in [5, 5.41) is 11.7. The van der Waals surface area contributed by atoms with Crippen LogP contribution in [0.1, 0.15) is 29.4 Å². The summed E-state index contributed by atoms with van der Waals surface area (Å²) >= 11 is 0. The van der Waals surface area contributed by atoms with E-state index in [0.717, 1.165) is 31.5 Å². The molecule has 9 heteroatoms. The van der Waals surface area contributed by atoms with Gasteiger partial charge in [0.1, 0.15) is 5.69 Å². The van der Waals surface area contributed by atoms with Crippen molar-refractivity contribution in [1.29, 1.82) is 0 Å². The molecule has 0 unspecified atom stereocenters. The summed E-state index contributed by atoms with van der Waals surface area (Å²) in [6.45, 7) is 1.94. The molecule has 3 aromatic rings. The number of primary amides is 1. The normalized spacial score (nSPS) is 14.8. The van der Waals surface area contributed by atoms with E-state index in [9.17, 15) is 4.79 Å². The first-order valence-electron chi connectivity index (χ1n) is 8.20. The highest BCUT2D eigenvalue weighted by molar-refractivity contribution is 6.00. The van der Waals surface area contributed by atoms with E-state index in [1.54, 1.807) is 18.5 Å². The molecule has 1 aliphatic rings. The molecule has 4 heterocycles. The number of amides is 1. The number of aromatic nitrogens is 4. The Morgan fingerprint density at radius 3 is 2.81 bits per heavy atom. The molecular formula is C17H19ClN6O2. The minimum Gasteiger partial charge on any atom is -0.364 e. The Morgan fingerprint density at radius 2 is 2.12 bits per heavy atom. The molecule has 0 saturated carbocycles. The van der Waals surface area contributed by atoms with Gasteiger partial charge in [-0.05, 0) is 38.1 Å². The Morgan fingerprint density at radius 1 is 1.31 bits per heavy atom. The summed E-state index contributed by atoms with van der Waals surface area (Å²) in [7, 11) is 0. The van der Waals surface area contributed by atoms with Gasteiger partial charge in [-0.25, -0.2) is 0 Å². The number of nitrogens with zero attached hydrogens (tertiary/aromatic N) is 4. The number of halogens is 1. The van der Waals surface area contributed by atoms with Crippen LogP contribution >= 0.6 is 12.4 Å². The number of nitrogens with one attached hydrogen (secondary N) is 1. The lowest BCUT2D eigenvalue weighted by Gasteiger charge is -2.22. The third-order valence-electron chi connectivity index (χ3n) is 4.40. The van der Waals surface area contributed by atoms with Crippen LogP contribution in [-0.4, -0.2) is 38.9 Å². The van der Waals surface area contributed by atoms with Gasteiger partial charge in [-0.3, -0.25) is 14.5 Å². The van der Waals surface area contributed by atoms with Gasteiger partial charge in [0.2, 0.25) is 0 Å². The molecule has 3 aromatic heterocycles. The second kappa shape index (κ2) is 7.67. The van der Waals surface area contributed by atoms with Gasteiger partial charge < -0.3 is 15.6 Å². The van der Waals surface area contributed by atoms with Crippen molar-refractivity contribution < 1.29 is 9.32 Å². The lowest BCUT2D eigenvalue weighted by atomic mass is 10.0. The van der Waals surface area contributed by atoms with Gasteiger partial charge >= 0.3 is 0 Å². The number of carbonyl (C=O) groups excluding carboxylic acids is 1. The predicted octanol–water partition coefficient (Wildman–Crippen LogP) is 2.05. The maximum absolute atomic E-state index is 11.8. The lowest BCUT2D eigenvalue weighted by Crippen LogP contribution is -2.29. The molecule has 0 spiro atoms. The molecule has 4 rings (SSSR count). The lowest BCUT2D eigenvalue weighted by molar-refractivity contribution is 0.0992. The highest BCUT2D eigenvalue weighted by Crippen LogP contribution is 2.34. The van der Waals surface area contributed by atoms with E-state index in [-0.39, 0.29) is 18.1 Å². The molecule has 0 bridgehead atoms. The molecular weight excluding hydrogens is 356 g/mol. The number of piperidine rings is 1. The van der Waals surface area contributed by atoms with Gasteiger partial charge in [0.05, 0.1) is 17.8 Å². The summed E-state index contributed by atoms with van der Waals surface area (Å²) < 4.78 is 7.33. The zero-order valence-corrected chi connectivity index (χ0v) is 14.8. The SMILES string of the molecule is Cl.NC(=O)c1noc(-c2ccccn2)c1-c1cnn(C2CCNCC2)c1. The van der Waals surface area contributed by atoms with Crippen molar-refractivity contribution in [2.45, 2.75) is 18.9 Å². The van der Waals surface area contributed by atoms with E-state index in [1.165, 1.54) is 0 Å². The molecule has 0 aromatic carbocycles. The first-order chi connectivity index (χ1) is 12.2. The highest BCUT2D eigenvalue weighted by Gasteiger charge is 2.25. The largest absolute Gasteiger partial charge is 0.364 e. The monoisotopic (exact) mass is 374 g/mol. The average Bonchev–Trinajstić information content (AvgIpc) is 3.30. The first-order valence-corrected chi connectivity index (χ1v) is 8.20. The molecule has 0 atom stereocenters. The summed E-state index contributed by atoms with van der Waals surface area (Å²) in [5.41, 5.74) is 7.43. The fourth-order valence-corrected chi connectivity index (χ4v) is 3.14. The van der Waals surface area contributed by atoms with E-state index in [0.29, 0.717) is 23.1 Å². The number of hydrogen-bond acceptors (Lipinski definition) is 6. The first kappa shape index (κ1) is 18.1. The van der Waals surface area contributed by atoms with Crippen LogP contribution in [0.15, 0.2) is 41.3 Å². The maximum Gasteiger partial charge on any atom is 0.271 e. The number of rotatable bonds is 4. The molecule has 1 fully saturated rings. The van der Waals surface area contributed by atoms with E-state index in [4.69, 9.17) is 10.3 Å². The van der Waals surface area contributed by atoms with Crippen LogP contribution in [-0.2, 0) is 0 Å².